The molecule has 2 amide bonds. The van der Waals surface area contributed by atoms with Crippen molar-refractivity contribution in [2.75, 3.05) is 26.2 Å². The van der Waals surface area contributed by atoms with E-state index in [9.17, 15) is 18.4 Å². The molecule has 2 aliphatic heterocycles. The van der Waals surface area contributed by atoms with Crippen molar-refractivity contribution in [3.63, 3.8) is 0 Å². The van der Waals surface area contributed by atoms with E-state index >= 15 is 0 Å². The van der Waals surface area contributed by atoms with E-state index in [1.165, 1.54) is 6.07 Å². The zero-order chi connectivity index (χ0) is 29.9. The van der Waals surface area contributed by atoms with E-state index in [-0.39, 0.29) is 23.8 Å². The van der Waals surface area contributed by atoms with Gasteiger partial charge in [-0.15, -0.1) is 0 Å². The maximum atomic E-state index is 13.8. The normalized spacial score (nSPS) is 18.2. The zero-order valence-corrected chi connectivity index (χ0v) is 24.7. The largest absolute Gasteiger partial charge is 0.478 e. The lowest BCUT2D eigenvalue weighted by atomic mass is 9.90. The number of carbonyl (C=O) groups is 2. The van der Waals surface area contributed by atoms with Crippen molar-refractivity contribution in [2.24, 2.45) is 0 Å². The number of carbonyl (C=O) groups excluding carboxylic acids is 2. The summed E-state index contributed by atoms with van der Waals surface area (Å²) >= 11 is 5.76. The van der Waals surface area contributed by atoms with Crippen LogP contribution in [0.1, 0.15) is 61.4 Å². The molecule has 6 nitrogen and oxygen atoms in total. The maximum absolute atomic E-state index is 13.8. The first kappa shape index (κ1) is 30.0. The molecule has 0 aliphatic carbocycles. The van der Waals surface area contributed by atoms with Crippen molar-refractivity contribution >= 4 is 23.6 Å². The fourth-order valence-electron chi connectivity index (χ4n) is 5.87. The van der Waals surface area contributed by atoms with Gasteiger partial charge in [-0.1, -0.05) is 30.3 Å². The number of hydrogen-bond acceptors (Lipinski definition) is 4. The predicted molar refractivity (Wildman–Crippen MR) is 159 cm³/mol. The number of ether oxygens (including phenoxy) is 1. The second-order valence-electron chi connectivity index (χ2n) is 11.7. The van der Waals surface area contributed by atoms with Crippen molar-refractivity contribution in [2.45, 2.75) is 57.1 Å². The molecule has 1 unspecified atom stereocenters. The Bertz CT molecular complexity index is 1440. The lowest BCUT2D eigenvalue weighted by Crippen LogP contribution is -2.52. The van der Waals surface area contributed by atoms with Gasteiger partial charge in [0.2, 0.25) is 0 Å². The molecular weight excluding hydrogens is 560 g/mol. The Morgan fingerprint density at radius 1 is 0.881 bits per heavy atom. The van der Waals surface area contributed by atoms with E-state index in [0.29, 0.717) is 48.6 Å². The molecule has 1 N–H and O–H groups in total. The van der Waals surface area contributed by atoms with Crippen LogP contribution < -0.4 is 9.57 Å². The number of piperidine rings is 2. The minimum atomic E-state index is -1.03. The molecule has 2 fully saturated rings. The fraction of sp³-hybridized carbons (Fsp3) is 0.394. The molecule has 0 radical (unpaired) electrons. The summed E-state index contributed by atoms with van der Waals surface area (Å²) < 4.78 is 33.5. The maximum Gasteiger partial charge on any atom is 0.266 e. The molecule has 0 aromatic heterocycles. The molecule has 3 aromatic rings. The molecular formula is C33H36ClF2N3O3. The second kappa shape index (κ2) is 12.8. The summed E-state index contributed by atoms with van der Waals surface area (Å²) in [5, 5.41) is 0. The van der Waals surface area contributed by atoms with E-state index in [0.717, 1.165) is 43.4 Å². The average Bonchev–Trinajstić information content (AvgIpc) is 3.01. The van der Waals surface area contributed by atoms with E-state index in [2.05, 4.69) is 4.84 Å². The van der Waals surface area contributed by atoms with Crippen LogP contribution in [0.3, 0.4) is 0 Å². The van der Waals surface area contributed by atoms with Crippen LogP contribution in [0.2, 0.25) is 0 Å². The van der Waals surface area contributed by atoms with Crippen LogP contribution >= 0.6 is 11.8 Å². The summed E-state index contributed by atoms with van der Waals surface area (Å²) in [6.07, 6.45) is 3.37. The molecule has 3 aromatic carbocycles. The van der Waals surface area contributed by atoms with Crippen LogP contribution in [-0.2, 0) is 4.79 Å². The number of hydrogen-bond donors (Lipinski definition) is 1. The first-order valence-electron chi connectivity index (χ1n) is 14.4. The lowest BCUT2D eigenvalue weighted by molar-refractivity contribution is -0.146. The summed E-state index contributed by atoms with van der Waals surface area (Å²) in [6, 6.07) is 18.7. The van der Waals surface area contributed by atoms with Gasteiger partial charge in [0.1, 0.15) is 5.75 Å². The van der Waals surface area contributed by atoms with E-state index in [1.54, 1.807) is 38.1 Å². The molecule has 9 heteroatoms. The minimum absolute atomic E-state index is 0.0547. The van der Waals surface area contributed by atoms with Crippen molar-refractivity contribution in [1.29, 1.82) is 0 Å². The lowest BCUT2D eigenvalue weighted by Gasteiger charge is -2.37. The molecule has 42 heavy (non-hydrogen) atoms. The van der Waals surface area contributed by atoms with E-state index < -0.39 is 17.2 Å². The number of nitrogens with zero attached hydrogens (tertiary/aromatic N) is 2. The number of nitrogens with one attached hydrogen (secondary N) is 1. The van der Waals surface area contributed by atoms with Crippen molar-refractivity contribution in [3.05, 3.63) is 89.5 Å². The summed E-state index contributed by atoms with van der Waals surface area (Å²) in [5.41, 5.74) is 1.68. The Morgan fingerprint density at radius 2 is 1.62 bits per heavy atom. The molecule has 2 heterocycles. The van der Waals surface area contributed by atoms with Gasteiger partial charge in [0, 0.05) is 43.7 Å². The van der Waals surface area contributed by atoms with Crippen LogP contribution in [0.25, 0.3) is 11.1 Å². The molecule has 2 saturated heterocycles. The van der Waals surface area contributed by atoms with Gasteiger partial charge in [0.05, 0.1) is 0 Å². The van der Waals surface area contributed by atoms with Gasteiger partial charge in [-0.25, -0.2) is 13.6 Å². The highest BCUT2D eigenvalue weighted by Gasteiger charge is 2.36. The third-order valence-corrected chi connectivity index (χ3v) is 8.53. The highest BCUT2D eigenvalue weighted by atomic mass is 35.5. The molecule has 2 aliphatic rings. The standard InChI is InChI=1S/C33H36ClF2N3O3/c1-33(2,32(41)38-16-13-27(37-34)14-17-38)42-28-10-4-7-23(19-28)26-9-5-15-39(21-26)31(40)25-8-3-6-22(18-25)24-11-12-29(35)30(36)20-24/h3-4,6-8,10-12,18-20,26-27,37H,5,9,13-17,21H2,1-2H3. The summed E-state index contributed by atoms with van der Waals surface area (Å²) in [7, 11) is 0. The zero-order valence-electron chi connectivity index (χ0n) is 23.9. The van der Waals surface area contributed by atoms with Crippen molar-refractivity contribution < 1.29 is 23.1 Å². The molecule has 1 atom stereocenters. The number of rotatable bonds is 7. The van der Waals surface area contributed by atoms with Crippen LogP contribution in [0.5, 0.6) is 5.75 Å². The van der Waals surface area contributed by atoms with Crippen LogP contribution in [0.4, 0.5) is 8.78 Å². The van der Waals surface area contributed by atoms with Gasteiger partial charge in [0.15, 0.2) is 17.2 Å². The third-order valence-electron chi connectivity index (χ3n) is 8.23. The predicted octanol–water partition coefficient (Wildman–Crippen LogP) is 6.54. The molecule has 5 rings (SSSR count). The number of benzene rings is 3. The first-order chi connectivity index (χ1) is 20.1. The van der Waals surface area contributed by atoms with Gasteiger partial charge >= 0.3 is 0 Å². The highest BCUT2D eigenvalue weighted by molar-refractivity contribution is 6.13. The summed E-state index contributed by atoms with van der Waals surface area (Å²) in [4.78, 5) is 33.2. The monoisotopic (exact) mass is 595 g/mol. The Kier molecular flexibility index (Phi) is 9.13. The summed E-state index contributed by atoms with van der Waals surface area (Å²) in [5.74, 6) is -1.26. The molecule has 222 valence electrons. The second-order valence-corrected chi connectivity index (χ2v) is 11.9. The highest BCUT2D eigenvalue weighted by Crippen LogP contribution is 2.32. The quantitative estimate of drug-likeness (QED) is 0.315. The summed E-state index contributed by atoms with van der Waals surface area (Å²) in [6.45, 7) is 6.03. The van der Waals surface area contributed by atoms with Gasteiger partial charge in [-0.2, -0.15) is 0 Å². The van der Waals surface area contributed by atoms with Crippen LogP contribution in [0.15, 0.2) is 66.7 Å². The third kappa shape index (κ3) is 6.76. The minimum Gasteiger partial charge on any atom is -0.478 e. The Balaban J connectivity index is 1.25. The van der Waals surface area contributed by atoms with E-state index in [4.69, 9.17) is 16.5 Å². The molecule has 0 spiro atoms. The van der Waals surface area contributed by atoms with Gasteiger partial charge < -0.3 is 14.5 Å². The van der Waals surface area contributed by atoms with Gasteiger partial charge in [-0.05, 0) is 104 Å². The van der Waals surface area contributed by atoms with Gasteiger partial charge in [0.25, 0.3) is 11.8 Å². The molecule has 0 saturated carbocycles. The average molecular weight is 596 g/mol. The first-order valence-corrected chi connectivity index (χ1v) is 14.8. The SMILES string of the molecule is CC(C)(Oc1cccc(C2CCCN(C(=O)c3cccc(-c4ccc(F)c(F)c4)c3)C2)c1)C(=O)N1CCC(NCl)CC1. The van der Waals surface area contributed by atoms with Crippen molar-refractivity contribution in [3.8, 4) is 16.9 Å². The number of likely N-dealkylation sites (tertiary alicyclic amines) is 2. The van der Waals surface area contributed by atoms with Crippen molar-refractivity contribution in [1.82, 2.24) is 14.6 Å². The number of halogens is 3. The smallest absolute Gasteiger partial charge is 0.266 e. The number of amides is 2. The Hall–Kier alpha value is -3.49. The topological polar surface area (TPSA) is 61.9 Å². The molecule has 0 bridgehead atoms. The fourth-order valence-corrected chi connectivity index (χ4v) is 6.08. The van der Waals surface area contributed by atoms with Crippen LogP contribution in [0, 0.1) is 11.6 Å². The van der Waals surface area contributed by atoms with Crippen LogP contribution in [-0.4, -0.2) is 59.4 Å². The van der Waals surface area contributed by atoms with Gasteiger partial charge in [-0.3, -0.25) is 9.59 Å². The Morgan fingerprint density at radius 3 is 2.36 bits per heavy atom. The van der Waals surface area contributed by atoms with E-state index in [1.807, 2.05) is 34.1 Å². The Labute approximate surface area is 250 Å².